The number of aromatic nitrogens is 1. The van der Waals surface area contributed by atoms with Gasteiger partial charge in [0, 0.05) is 41.3 Å². The molecular weight excluding hydrogens is 406 g/mol. The summed E-state index contributed by atoms with van der Waals surface area (Å²) in [5, 5.41) is 0.704. The molecule has 0 radical (unpaired) electrons. The molecule has 5 rings (SSSR count). The first kappa shape index (κ1) is 19.8. The summed E-state index contributed by atoms with van der Waals surface area (Å²) in [6, 6.07) is 10.3. The van der Waals surface area contributed by atoms with Crippen LogP contribution in [0.5, 0.6) is 0 Å². The lowest BCUT2D eigenvalue weighted by Crippen LogP contribution is -2.26. The van der Waals surface area contributed by atoms with Gasteiger partial charge in [-0.1, -0.05) is 36.9 Å². The minimum atomic E-state index is -0.138. The van der Waals surface area contributed by atoms with Gasteiger partial charge >= 0.3 is 0 Å². The van der Waals surface area contributed by atoms with Crippen molar-refractivity contribution < 1.29 is 0 Å². The normalized spacial score (nSPS) is 24.0. The summed E-state index contributed by atoms with van der Waals surface area (Å²) in [7, 11) is 2.01. The third-order valence-corrected chi connectivity index (χ3v) is 6.38. The van der Waals surface area contributed by atoms with E-state index < -0.39 is 0 Å². The van der Waals surface area contributed by atoms with Crippen molar-refractivity contribution in [3.8, 4) is 0 Å². The molecule has 3 aliphatic rings. The van der Waals surface area contributed by atoms with Gasteiger partial charge in [0.25, 0.3) is 0 Å². The molecule has 2 fully saturated rings. The molecule has 1 aromatic heterocycles. The van der Waals surface area contributed by atoms with Gasteiger partial charge in [-0.05, 0) is 43.5 Å². The Hall–Kier alpha value is -3.18. The van der Waals surface area contributed by atoms with Crippen molar-refractivity contribution in [1.29, 1.82) is 0 Å². The standard InChI is InChI=1S/C25H26ClN5/c1-14(27)22-24(29-19-9-10-19)16(3)31(25(22)17-5-7-18(26)8-6-17)21-13-30(4)15(2)23-20(21)11-12-28-23/h5-8,11-13,19,25,28H,2-3,9-10,27H2,1,4H3. The number of aliphatic imine (C=N–C) groups is 1. The highest BCUT2D eigenvalue weighted by molar-refractivity contribution is 6.30. The van der Waals surface area contributed by atoms with Gasteiger partial charge in [0.15, 0.2) is 0 Å². The molecule has 1 unspecified atom stereocenters. The summed E-state index contributed by atoms with van der Waals surface area (Å²) >= 11 is 6.20. The van der Waals surface area contributed by atoms with Gasteiger partial charge in [-0.3, -0.25) is 4.99 Å². The first-order valence-electron chi connectivity index (χ1n) is 10.5. The van der Waals surface area contributed by atoms with E-state index in [2.05, 4.69) is 47.4 Å². The molecule has 1 aliphatic carbocycles. The summed E-state index contributed by atoms with van der Waals surface area (Å²) < 4.78 is 0. The number of nitrogens with two attached hydrogens (primary N) is 1. The van der Waals surface area contributed by atoms with Crippen LogP contribution in [0.4, 0.5) is 0 Å². The molecule has 5 nitrogen and oxygen atoms in total. The first-order chi connectivity index (χ1) is 14.9. The number of hydrogen-bond donors (Lipinski definition) is 2. The predicted molar refractivity (Wildman–Crippen MR) is 128 cm³/mol. The predicted octanol–water partition coefficient (Wildman–Crippen LogP) is 5.29. The minimum absolute atomic E-state index is 0.138. The molecule has 1 aromatic carbocycles. The van der Waals surface area contributed by atoms with E-state index in [1.165, 1.54) is 0 Å². The average Bonchev–Trinajstić information content (AvgIpc) is 3.33. The Morgan fingerprint density at radius 3 is 2.52 bits per heavy atom. The van der Waals surface area contributed by atoms with Crippen molar-refractivity contribution in [1.82, 2.24) is 14.8 Å². The number of nitrogens with zero attached hydrogens (tertiary/aromatic N) is 3. The van der Waals surface area contributed by atoms with Crippen LogP contribution in [0, 0.1) is 0 Å². The van der Waals surface area contributed by atoms with Gasteiger partial charge in [-0.25, -0.2) is 0 Å². The number of allylic oxidation sites excluding steroid dienone is 2. The van der Waals surface area contributed by atoms with Crippen LogP contribution >= 0.6 is 11.6 Å². The fraction of sp³-hybridized carbons (Fsp3) is 0.240. The fourth-order valence-corrected chi connectivity index (χ4v) is 4.51. The molecule has 2 aromatic rings. The van der Waals surface area contributed by atoms with E-state index in [4.69, 9.17) is 22.3 Å². The number of hydrogen-bond acceptors (Lipinski definition) is 4. The van der Waals surface area contributed by atoms with Gasteiger partial charge < -0.3 is 20.5 Å². The summed E-state index contributed by atoms with van der Waals surface area (Å²) in [6.07, 6.45) is 6.29. The zero-order chi connectivity index (χ0) is 21.9. The SMILES string of the molecule is C=C1c2[nH]ccc2C(N2C(=C)C(=NC3CC3)C(=C(C)N)C2c2ccc(Cl)cc2)=CN1C. The number of benzene rings is 1. The molecular formula is C25H26ClN5. The smallest absolute Gasteiger partial charge is 0.0884 e. The first-order valence-corrected chi connectivity index (χ1v) is 10.8. The number of halogens is 1. The van der Waals surface area contributed by atoms with E-state index in [-0.39, 0.29) is 6.04 Å². The van der Waals surface area contributed by atoms with Gasteiger partial charge in [0.05, 0.1) is 40.6 Å². The van der Waals surface area contributed by atoms with Crippen molar-refractivity contribution in [3.63, 3.8) is 0 Å². The Kier molecular flexibility index (Phi) is 4.59. The Bertz CT molecular complexity index is 1170. The van der Waals surface area contributed by atoms with Crippen molar-refractivity contribution >= 4 is 28.7 Å². The maximum atomic E-state index is 6.47. The van der Waals surface area contributed by atoms with Crippen LogP contribution in [-0.2, 0) is 0 Å². The third kappa shape index (κ3) is 3.20. The second-order valence-corrected chi connectivity index (χ2v) is 8.85. The van der Waals surface area contributed by atoms with Crippen LogP contribution in [0.15, 0.2) is 77.8 Å². The summed E-state index contributed by atoms with van der Waals surface area (Å²) in [6.45, 7) is 10.7. The number of likely N-dealkylation sites (tertiary alicyclic amines) is 1. The van der Waals surface area contributed by atoms with Crippen molar-refractivity contribution in [2.24, 2.45) is 10.7 Å². The quantitative estimate of drug-likeness (QED) is 0.694. The molecule has 158 valence electrons. The summed E-state index contributed by atoms with van der Waals surface area (Å²) in [5.74, 6) is 0. The molecule has 3 N–H and O–H groups in total. The molecule has 1 saturated carbocycles. The van der Waals surface area contributed by atoms with E-state index in [1.807, 2.05) is 37.2 Å². The van der Waals surface area contributed by atoms with E-state index in [0.717, 1.165) is 63.7 Å². The van der Waals surface area contributed by atoms with Gasteiger partial charge in [-0.15, -0.1) is 0 Å². The Labute approximate surface area is 187 Å². The lowest BCUT2D eigenvalue weighted by Gasteiger charge is -2.34. The average molecular weight is 432 g/mol. The molecule has 6 heteroatoms. The number of H-pyrrole nitrogens is 1. The van der Waals surface area contributed by atoms with Crippen LogP contribution in [0.25, 0.3) is 11.4 Å². The lowest BCUT2D eigenvalue weighted by atomic mass is 9.95. The van der Waals surface area contributed by atoms with Crippen LogP contribution in [-0.4, -0.2) is 33.6 Å². The zero-order valence-electron chi connectivity index (χ0n) is 17.8. The van der Waals surface area contributed by atoms with E-state index >= 15 is 0 Å². The Balaban J connectivity index is 1.73. The minimum Gasteiger partial charge on any atom is -0.402 e. The van der Waals surface area contributed by atoms with E-state index in [1.54, 1.807) is 0 Å². The molecule has 0 bridgehead atoms. The van der Waals surface area contributed by atoms with E-state index in [0.29, 0.717) is 11.1 Å². The molecule has 0 amide bonds. The van der Waals surface area contributed by atoms with Crippen molar-refractivity contribution in [3.05, 3.63) is 94.7 Å². The third-order valence-electron chi connectivity index (χ3n) is 6.13. The van der Waals surface area contributed by atoms with Crippen molar-refractivity contribution in [2.75, 3.05) is 7.05 Å². The summed E-state index contributed by atoms with van der Waals surface area (Å²) in [4.78, 5) is 12.7. The molecule has 1 atom stereocenters. The number of aromatic amines is 1. The molecule has 1 saturated heterocycles. The van der Waals surface area contributed by atoms with Crippen LogP contribution in [0.1, 0.15) is 42.6 Å². The fourth-order valence-electron chi connectivity index (χ4n) is 4.38. The second kappa shape index (κ2) is 7.20. The van der Waals surface area contributed by atoms with Gasteiger partial charge in [-0.2, -0.15) is 0 Å². The maximum absolute atomic E-state index is 6.47. The molecule has 0 spiro atoms. The van der Waals surface area contributed by atoms with Gasteiger partial charge in [0.1, 0.15) is 0 Å². The highest BCUT2D eigenvalue weighted by Crippen LogP contribution is 2.49. The molecule has 31 heavy (non-hydrogen) atoms. The Morgan fingerprint density at radius 2 is 1.87 bits per heavy atom. The van der Waals surface area contributed by atoms with Crippen LogP contribution < -0.4 is 5.73 Å². The topological polar surface area (TPSA) is 60.6 Å². The van der Waals surface area contributed by atoms with Crippen LogP contribution in [0.2, 0.25) is 5.02 Å². The number of nitrogens with one attached hydrogen (secondary N) is 1. The second-order valence-electron chi connectivity index (χ2n) is 8.41. The number of rotatable bonds is 3. The highest BCUT2D eigenvalue weighted by Gasteiger charge is 2.43. The van der Waals surface area contributed by atoms with E-state index in [9.17, 15) is 0 Å². The largest absolute Gasteiger partial charge is 0.402 e. The molecule has 3 heterocycles. The highest BCUT2D eigenvalue weighted by atomic mass is 35.5. The summed E-state index contributed by atoms with van der Waals surface area (Å²) in [5.41, 5.74) is 15.2. The van der Waals surface area contributed by atoms with Gasteiger partial charge in [0.2, 0.25) is 0 Å². The number of fused-ring (bicyclic) bond motifs is 1. The van der Waals surface area contributed by atoms with Crippen LogP contribution in [0.3, 0.4) is 0 Å². The lowest BCUT2D eigenvalue weighted by molar-refractivity contribution is 0.449. The maximum Gasteiger partial charge on any atom is 0.0884 e. The van der Waals surface area contributed by atoms with Crippen molar-refractivity contribution in [2.45, 2.75) is 31.8 Å². The molecule has 2 aliphatic heterocycles. The zero-order valence-corrected chi connectivity index (χ0v) is 18.6. The Morgan fingerprint density at radius 1 is 1.16 bits per heavy atom. The monoisotopic (exact) mass is 431 g/mol.